The van der Waals surface area contributed by atoms with Gasteiger partial charge in [-0.05, 0) is 6.42 Å². The summed E-state index contributed by atoms with van der Waals surface area (Å²) in [7, 11) is 0. The van der Waals surface area contributed by atoms with Gasteiger partial charge in [-0.1, -0.05) is 43.7 Å². The number of carbonyl (C=O) groups is 2. The quantitative estimate of drug-likeness (QED) is 0.421. The van der Waals surface area contributed by atoms with E-state index in [-0.39, 0.29) is 36.8 Å². The molecule has 4 heteroatoms. The Morgan fingerprint density at radius 3 is 2.31 bits per heavy atom. The number of benzene rings is 1. The third-order valence-corrected chi connectivity index (χ3v) is 2.25. The van der Waals surface area contributed by atoms with Crippen LogP contribution in [0.25, 0.3) is 0 Å². The van der Waals surface area contributed by atoms with Gasteiger partial charge in [0.1, 0.15) is 5.92 Å². The van der Waals surface area contributed by atoms with E-state index in [9.17, 15) is 9.59 Å². The van der Waals surface area contributed by atoms with Crippen LogP contribution in [-0.4, -0.2) is 16.9 Å². The first-order chi connectivity index (χ1) is 7.16. The molecule has 0 spiro atoms. The molecule has 0 amide bonds. The molecular formula is C12H15NaO3. The van der Waals surface area contributed by atoms with Gasteiger partial charge in [0.15, 0.2) is 5.78 Å². The van der Waals surface area contributed by atoms with Crippen molar-refractivity contribution in [2.45, 2.75) is 19.8 Å². The summed E-state index contributed by atoms with van der Waals surface area (Å²) in [6, 6.07) is 8.56. The van der Waals surface area contributed by atoms with Crippen molar-refractivity contribution in [1.82, 2.24) is 0 Å². The average molecular weight is 230 g/mol. The molecule has 3 nitrogen and oxygen atoms in total. The van der Waals surface area contributed by atoms with E-state index in [1.54, 1.807) is 30.3 Å². The summed E-state index contributed by atoms with van der Waals surface area (Å²) in [5, 5.41) is 8.92. The fourth-order valence-corrected chi connectivity index (χ4v) is 1.46. The number of hydrogen-bond donors (Lipinski definition) is 1. The zero-order valence-electron chi connectivity index (χ0n) is 10.6. The second-order valence-corrected chi connectivity index (χ2v) is 3.41. The molecule has 1 atom stereocenters. The van der Waals surface area contributed by atoms with Crippen LogP contribution in [0.5, 0.6) is 0 Å². The van der Waals surface area contributed by atoms with E-state index in [0.29, 0.717) is 18.4 Å². The molecule has 0 bridgehead atoms. The van der Waals surface area contributed by atoms with E-state index in [0.717, 1.165) is 0 Å². The van der Waals surface area contributed by atoms with Crippen molar-refractivity contribution in [3.63, 3.8) is 0 Å². The minimum atomic E-state index is -1.04. The van der Waals surface area contributed by atoms with Crippen molar-refractivity contribution in [2.75, 3.05) is 0 Å². The monoisotopic (exact) mass is 230 g/mol. The molecule has 0 heterocycles. The van der Waals surface area contributed by atoms with Crippen LogP contribution in [0.2, 0.25) is 0 Å². The Bertz CT molecular complexity index is 354. The van der Waals surface area contributed by atoms with Crippen LogP contribution in [-0.2, 0) is 4.79 Å². The van der Waals surface area contributed by atoms with Crippen molar-refractivity contribution in [1.29, 1.82) is 0 Å². The molecule has 1 aromatic carbocycles. The van der Waals surface area contributed by atoms with Crippen LogP contribution in [0, 0.1) is 5.92 Å². The maximum atomic E-state index is 11.8. The van der Waals surface area contributed by atoms with Crippen LogP contribution < -0.4 is 29.6 Å². The molecule has 0 aliphatic heterocycles. The second-order valence-electron chi connectivity index (χ2n) is 3.41. The number of aliphatic carboxylic acids is 1. The molecule has 1 aromatic rings. The molecule has 0 aliphatic carbocycles. The van der Waals surface area contributed by atoms with Crippen LogP contribution >= 0.6 is 0 Å². The molecule has 82 valence electrons. The van der Waals surface area contributed by atoms with Gasteiger partial charge >= 0.3 is 35.5 Å². The number of rotatable bonds is 5. The molecule has 1 N–H and O–H groups in total. The molecule has 0 saturated carbocycles. The van der Waals surface area contributed by atoms with E-state index in [1.807, 2.05) is 6.92 Å². The zero-order chi connectivity index (χ0) is 11.3. The van der Waals surface area contributed by atoms with Gasteiger partial charge in [-0.2, -0.15) is 0 Å². The first kappa shape index (κ1) is 15.4. The molecule has 0 fully saturated rings. The largest absolute Gasteiger partial charge is 1.00 e. The van der Waals surface area contributed by atoms with Gasteiger partial charge in [0.2, 0.25) is 0 Å². The summed E-state index contributed by atoms with van der Waals surface area (Å²) >= 11 is 0. The molecule has 1 rings (SSSR count). The summed E-state index contributed by atoms with van der Waals surface area (Å²) in [6.45, 7) is 1.87. The Kier molecular flexibility index (Phi) is 7.30. The van der Waals surface area contributed by atoms with Crippen molar-refractivity contribution >= 4 is 11.8 Å². The SMILES string of the molecule is CCCC(C(=O)O)C(=O)c1ccccc1.[H-].[Na+]. The van der Waals surface area contributed by atoms with E-state index < -0.39 is 11.9 Å². The minimum absolute atomic E-state index is 0. The molecule has 1 unspecified atom stereocenters. The van der Waals surface area contributed by atoms with Gasteiger partial charge in [-0.3, -0.25) is 9.59 Å². The first-order valence-electron chi connectivity index (χ1n) is 4.99. The molecule has 0 saturated heterocycles. The van der Waals surface area contributed by atoms with Gasteiger partial charge in [0.05, 0.1) is 0 Å². The van der Waals surface area contributed by atoms with E-state index >= 15 is 0 Å². The Morgan fingerprint density at radius 1 is 1.31 bits per heavy atom. The summed E-state index contributed by atoms with van der Waals surface area (Å²) in [5.41, 5.74) is 0.471. The number of carboxylic acid groups (broad SMARTS) is 1. The van der Waals surface area contributed by atoms with Gasteiger partial charge in [-0.25, -0.2) is 0 Å². The topological polar surface area (TPSA) is 54.4 Å². The number of Topliss-reactive ketones (excluding diaryl/α,β-unsaturated/α-hetero) is 1. The molecule has 0 aromatic heterocycles. The third-order valence-electron chi connectivity index (χ3n) is 2.25. The van der Waals surface area contributed by atoms with Crippen molar-refractivity contribution in [2.24, 2.45) is 5.92 Å². The summed E-state index contributed by atoms with van der Waals surface area (Å²) in [5.74, 6) is -2.24. The van der Waals surface area contributed by atoms with Crippen LogP contribution in [0.4, 0.5) is 0 Å². The average Bonchev–Trinajstić information content (AvgIpc) is 2.26. The predicted octanol–water partition coefficient (Wildman–Crippen LogP) is -0.513. The third kappa shape index (κ3) is 4.08. The summed E-state index contributed by atoms with van der Waals surface area (Å²) in [6.07, 6.45) is 1.08. The summed E-state index contributed by atoms with van der Waals surface area (Å²) in [4.78, 5) is 22.7. The smallest absolute Gasteiger partial charge is 1.00 e. The van der Waals surface area contributed by atoms with Crippen LogP contribution in [0.1, 0.15) is 31.6 Å². The maximum Gasteiger partial charge on any atom is 1.00 e. The molecule has 0 aliphatic rings. The number of hydrogen-bond acceptors (Lipinski definition) is 2. The van der Waals surface area contributed by atoms with Crippen molar-refractivity contribution < 1.29 is 45.7 Å². The first-order valence-corrected chi connectivity index (χ1v) is 4.99. The Balaban J connectivity index is 0. The Labute approximate surface area is 119 Å². The van der Waals surface area contributed by atoms with E-state index in [4.69, 9.17) is 5.11 Å². The number of carbonyl (C=O) groups excluding carboxylic acids is 1. The van der Waals surface area contributed by atoms with Crippen LogP contribution in [0.15, 0.2) is 30.3 Å². The number of carboxylic acids is 1. The fourth-order valence-electron chi connectivity index (χ4n) is 1.46. The maximum absolute atomic E-state index is 11.8. The van der Waals surface area contributed by atoms with E-state index in [2.05, 4.69) is 0 Å². The molecular weight excluding hydrogens is 215 g/mol. The Morgan fingerprint density at radius 2 is 1.88 bits per heavy atom. The standard InChI is InChI=1S/C12H14O3.Na.H/c1-2-6-10(12(14)15)11(13)9-7-4-3-5-8-9;;/h3-5,7-8,10H,2,6H2,1H3,(H,14,15);;/q;+1;-1. The minimum Gasteiger partial charge on any atom is -1.00 e. The van der Waals surface area contributed by atoms with Gasteiger partial charge in [0, 0.05) is 5.56 Å². The Hall–Kier alpha value is -0.640. The normalized spacial score (nSPS) is 11.3. The van der Waals surface area contributed by atoms with Crippen molar-refractivity contribution in [3.8, 4) is 0 Å². The van der Waals surface area contributed by atoms with E-state index in [1.165, 1.54) is 0 Å². The number of ketones is 1. The summed E-state index contributed by atoms with van der Waals surface area (Å²) < 4.78 is 0. The zero-order valence-corrected chi connectivity index (χ0v) is 11.6. The molecule has 0 radical (unpaired) electrons. The second kappa shape index (κ2) is 7.60. The van der Waals surface area contributed by atoms with Crippen LogP contribution in [0.3, 0.4) is 0 Å². The predicted molar refractivity (Wildman–Crippen MR) is 57.9 cm³/mol. The van der Waals surface area contributed by atoms with Gasteiger partial charge in [-0.15, -0.1) is 0 Å². The fraction of sp³-hybridized carbons (Fsp3) is 0.333. The molecule has 16 heavy (non-hydrogen) atoms. The van der Waals surface area contributed by atoms with Gasteiger partial charge < -0.3 is 6.53 Å². The van der Waals surface area contributed by atoms with Gasteiger partial charge in [0.25, 0.3) is 0 Å². The van der Waals surface area contributed by atoms with Crippen molar-refractivity contribution in [3.05, 3.63) is 35.9 Å².